The number of hydrogen-bond acceptors (Lipinski definition) is 4. The van der Waals surface area contributed by atoms with Gasteiger partial charge in [-0.2, -0.15) is 0 Å². The molecule has 0 saturated carbocycles. The number of aliphatic hydroxyl groups is 2. The van der Waals surface area contributed by atoms with E-state index in [1.807, 2.05) is 0 Å². The summed E-state index contributed by atoms with van der Waals surface area (Å²) in [5.74, 6) is 0. The van der Waals surface area contributed by atoms with Crippen LogP contribution in [0.1, 0.15) is 39.5 Å². The van der Waals surface area contributed by atoms with E-state index in [4.69, 9.17) is 6.15 Å². The van der Waals surface area contributed by atoms with E-state index in [9.17, 15) is 10.2 Å². The predicted molar refractivity (Wildman–Crippen MR) is 73.7 cm³/mol. The Balaban J connectivity index is 2.59. The van der Waals surface area contributed by atoms with Crippen LogP contribution in [0.25, 0.3) is 0 Å². The average molecular weight is 367 g/mol. The van der Waals surface area contributed by atoms with Crippen LogP contribution in [-0.4, -0.2) is 55.8 Å². The van der Waals surface area contributed by atoms with E-state index in [-0.39, 0.29) is 13.2 Å². The van der Waals surface area contributed by atoms with Gasteiger partial charge >= 0.3 is 116 Å². The predicted octanol–water partition coefficient (Wildman–Crippen LogP) is 2.05. The molecule has 0 bridgehead atoms. The molecule has 1 saturated heterocycles. The number of aliphatic hydroxyl groups excluding tert-OH is 2. The number of hydrogen-bond donors (Lipinski definition) is 2. The number of rotatable bonds is 8. The molecule has 5 heteroatoms. The standard InChI is InChI=1S/C5H10O4.2C4H9.Sn/c6-1-5(2-7,3-8)4-9;2*1-3-4-2;/h6-7H,1-4H2;2*1,3-4H2,2H3;/q-2;;;+2. The van der Waals surface area contributed by atoms with Crippen molar-refractivity contribution in [3.63, 3.8) is 0 Å². The first kappa shape index (κ1) is 16.7. The minimum atomic E-state index is -2.88. The fourth-order valence-electron chi connectivity index (χ4n) is 2.19. The second kappa shape index (κ2) is 8.04. The third-order valence-electron chi connectivity index (χ3n) is 3.78. The molecule has 18 heavy (non-hydrogen) atoms. The van der Waals surface area contributed by atoms with Crippen LogP contribution < -0.4 is 0 Å². The van der Waals surface area contributed by atoms with Gasteiger partial charge in [0.25, 0.3) is 0 Å². The van der Waals surface area contributed by atoms with Crippen LogP contribution in [0, 0.1) is 5.41 Å². The summed E-state index contributed by atoms with van der Waals surface area (Å²) < 4.78 is 14.5. The molecule has 0 amide bonds. The van der Waals surface area contributed by atoms with E-state index < -0.39 is 24.6 Å². The Morgan fingerprint density at radius 1 is 0.944 bits per heavy atom. The topological polar surface area (TPSA) is 58.9 Å². The van der Waals surface area contributed by atoms with Gasteiger partial charge in [-0.3, -0.25) is 0 Å². The van der Waals surface area contributed by atoms with Gasteiger partial charge in [0.1, 0.15) is 0 Å². The molecule has 2 N–H and O–H groups in total. The molecule has 1 aliphatic rings. The van der Waals surface area contributed by atoms with Crippen molar-refractivity contribution in [3.05, 3.63) is 0 Å². The Hall–Kier alpha value is 0.639. The fraction of sp³-hybridized carbons (Fsp3) is 1.00. The Morgan fingerprint density at radius 2 is 1.39 bits per heavy atom. The summed E-state index contributed by atoms with van der Waals surface area (Å²) in [7, 11) is 0. The second-order valence-electron chi connectivity index (χ2n) is 5.51. The van der Waals surface area contributed by atoms with Gasteiger partial charge in [0.15, 0.2) is 0 Å². The van der Waals surface area contributed by atoms with Crippen molar-refractivity contribution >= 4 is 19.2 Å². The summed E-state index contributed by atoms with van der Waals surface area (Å²) >= 11 is -2.88. The zero-order valence-corrected chi connectivity index (χ0v) is 14.6. The zero-order chi connectivity index (χ0) is 13.5. The van der Waals surface area contributed by atoms with Gasteiger partial charge in [-0.1, -0.05) is 0 Å². The van der Waals surface area contributed by atoms with Crippen molar-refractivity contribution in [1.29, 1.82) is 0 Å². The monoisotopic (exact) mass is 368 g/mol. The van der Waals surface area contributed by atoms with Gasteiger partial charge < -0.3 is 0 Å². The van der Waals surface area contributed by atoms with Gasteiger partial charge in [0, 0.05) is 0 Å². The molecule has 1 aliphatic heterocycles. The average Bonchev–Trinajstić information content (AvgIpc) is 2.44. The van der Waals surface area contributed by atoms with E-state index in [0.29, 0.717) is 13.2 Å². The van der Waals surface area contributed by atoms with Crippen LogP contribution in [0.3, 0.4) is 0 Å². The van der Waals surface area contributed by atoms with Gasteiger partial charge in [0.2, 0.25) is 0 Å². The molecule has 108 valence electrons. The molecular weight excluding hydrogens is 339 g/mol. The van der Waals surface area contributed by atoms with Crippen LogP contribution >= 0.6 is 0 Å². The molecule has 0 aromatic heterocycles. The van der Waals surface area contributed by atoms with Crippen molar-refractivity contribution in [2.75, 3.05) is 26.4 Å². The first-order chi connectivity index (χ1) is 8.66. The Bertz CT molecular complexity index is 211. The molecule has 1 rings (SSSR count). The minimum absolute atomic E-state index is 0.0625. The second-order valence-corrected chi connectivity index (χ2v) is 15.2. The molecule has 0 radical (unpaired) electrons. The Labute approximate surface area is 116 Å². The zero-order valence-electron chi connectivity index (χ0n) is 11.8. The molecule has 4 nitrogen and oxygen atoms in total. The van der Waals surface area contributed by atoms with Crippen LogP contribution in [0.15, 0.2) is 0 Å². The van der Waals surface area contributed by atoms with Crippen LogP contribution in [0.2, 0.25) is 8.87 Å². The maximum absolute atomic E-state index is 9.37. The van der Waals surface area contributed by atoms with Crippen LogP contribution in [0.4, 0.5) is 0 Å². The van der Waals surface area contributed by atoms with Gasteiger partial charge in [0.05, 0.1) is 0 Å². The van der Waals surface area contributed by atoms with Crippen molar-refractivity contribution in [1.82, 2.24) is 0 Å². The molecular formula is C13H28O4Sn. The van der Waals surface area contributed by atoms with E-state index in [1.54, 1.807) is 0 Å². The third kappa shape index (κ3) is 4.33. The summed E-state index contributed by atoms with van der Waals surface area (Å²) in [6.07, 6.45) is 4.68. The normalized spacial score (nSPS) is 22.0. The first-order valence-electron chi connectivity index (χ1n) is 7.15. The van der Waals surface area contributed by atoms with Crippen LogP contribution in [0.5, 0.6) is 0 Å². The fourth-order valence-corrected chi connectivity index (χ4v) is 13.1. The molecule has 0 aromatic rings. The van der Waals surface area contributed by atoms with Gasteiger partial charge in [-0.05, 0) is 0 Å². The van der Waals surface area contributed by atoms with Crippen molar-refractivity contribution in [2.45, 2.75) is 48.4 Å². The SMILES string of the molecule is CCC[CH2][Sn]1([CH2]CCC)[O]CC(CO)(CO)C[O]1. The maximum atomic E-state index is 9.37. The molecule has 0 aliphatic carbocycles. The van der Waals surface area contributed by atoms with Crippen molar-refractivity contribution < 1.29 is 16.4 Å². The Kier molecular flexibility index (Phi) is 7.46. The van der Waals surface area contributed by atoms with Gasteiger partial charge in [-0.15, -0.1) is 0 Å². The number of unbranched alkanes of at least 4 members (excludes halogenated alkanes) is 2. The summed E-state index contributed by atoms with van der Waals surface area (Å²) in [4.78, 5) is 0. The molecule has 1 fully saturated rings. The van der Waals surface area contributed by atoms with Crippen molar-refractivity contribution in [2.24, 2.45) is 5.41 Å². The van der Waals surface area contributed by atoms with Crippen LogP contribution in [-0.2, 0) is 6.15 Å². The molecule has 0 atom stereocenters. The van der Waals surface area contributed by atoms with E-state index in [1.165, 1.54) is 25.7 Å². The molecule has 0 spiro atoms. The van der Waals surface area contributed by atoms with E-state index in [2.05, 4.69) is 13.8 Å². The molecule has 0 unspecified atom stereocenters. The quantitative estimate of drug-likeness (QED) is 0.645. The third-order valence-corrected chi connectivity index (χ3v) is 14.0. The summed E-state index contributed by atoms with van der Waals surface area (Å²) in [5.41, 5.74) is -0.571. The summed E-state index contributed by atoms with van der Waals surface area (Å²) in [5, 5.41) is 18.7. The van der Waals surface area contributed by atoms with E-state index in [0.717, 1.165) is 8.87 Å². The van der Waals surface area contributed by atoms with Crippen molar-refractivity contribution in [3.8, 4) is 0 Å². The summed E-state index contributed by atoms with van der Waals surface area (Å²) in [6, 6.07) is 0. The molecule has 1 heterocycles. The first-order valence-corrected chi connectivity index (χ1v) is 13.5. The summed E-state index contributed by atoms with van der Waals surface area (Å²) in [6.45, 7) is 5.20. The van der Waals surface area contributed by atoms with E-state index >= 15 is 0 Å². The van der Waals surface area contributed by atoms with Gasteiger partial charge in [-0.25, -0.2) is 0 Å². The molecule has 0 aromatic carbocycles. The Morgan fingerprint density at radius 3 is 1.72 bits per heavy atom.